The van der Waals surface area contributed by atoms with Crippen LogP contribution in [0.3, 0.4) is 0 Å². The van der Waals surface area contributed by atoms with Crippen molar-refractivity contribution in [2.45, 2.75) is 37.8 Å². The van der Waals surface area contributed by atoms with E-state index in [4.69, 9.17) is 11.6 Å². The van der Waals surface area contributed by atoms with Crippen molar-refractivity contribution < 1.29 is 4.79 Å². The maximum atomic E-state index is 12.3. The van der Waals surface area contributed by atoms with Gasteiger partial charge in [0, 0.05) is 21.8 Å². The first-order valence-corrected chi connectivity index (χ1v) is 10.7. The summed E-state index contributed by atoms with van der Waals surface area (Å²) in [5, 5.41) is 5.70. The fourth-order valence-corrected chi connectivity index (χ4v) is 5.69. The molecule has 1 aliphatic carbocycles. The number of rotatable bonds is 5. The van der Waals surface area contributed by atoms with Crippen molar-refractivity contribution in [2.24, 2.45) is 0 Å². The van der Waals surface area contributed by atoms with Crippen LogP contribution >= 0.6 is 34.7 Å². The van der Waals surface area contributed by atoms with Gasteiger partial charge >= 0.3 is 0 Å². The minimum atomic E-state index is -0.0220. The number of fused-ring (bicyclic) bond motifs is 3. The number of halogens is 1. The van der Waals surface area contributed by atoms with Gasteiger partial charge in [-0.1, -0.05) is 41.6 Å². The van der Waals surface area contributed by atoms with E-state index in [0.29, 0.717) is 17.3 Å². The molecule has 2 aromatic heterocycles. The quantitative estimate of drug-likeness (QED) is 0.501. The first-order valence-electron chi connectivity index (χ1n) is 8.53. The van der Waals surface area contributed by atoms with Crippen molar-refractivity contribution in [1.29, 1.82) is 0 Å². The molecular formula is C19H18ClN3OS2. The molecule has 0 unspecified atom stereocenters. The van der Waals surface area contributed by atoms with Crippen LogP contribution in [-0.4, -0.2) is 21.6 Å². The average molecular weight is 404 g/mol. The zero-order chi connectivity index (χ0) is 18.1. The Balaban J connectivity index is 1.46. The lowest BCUT2D eigenvalue weighted by Crippen LogP contribution is -2.24. The normalized spacial score (nSPS) is 13.2. The summed E-state index contributed by atoms with van der Waals surface area (Å²) in [6.45, 7) is 2.34. The fourth-order valence-electron chi connectivity index (χ4n) is 3.19. The van der Waals surface area contributed by atoms with Gasteiger partial charge in [-0.05, 0) is 43.4 Å². The van der Waals surface area contributed by atoms with Crippen LogP contribution in [-0.2, 0) is 24.2 Å². The molecule has 0 fully saturated rings. The second-order valence-electron chi connectivity index (χ2n) is 6.27. The molecule has 1 amide bonds. The van der Waals surface area contributed by atoms with Crippen molar-refractivity contribution in [2.75, 3.05) is 5.75 Å². The highest BCUT2D eigenvalue weighted by molar-refractivity contribution is 8.00. The Labute approximate surface area is 165 Å². The number of nitrogens with one attached hydrogen (secondary N) is 1. The third kappa shape index (κ3) is 3.59. The lowest BCUT2D eigenvalue weighted by Gasteiger charge is -2.08. The largest absolute Gasteiger partial charge is 0.351 e. The van der Waals surface area contributed by atoms with E-state index in [9.17, 15) is 4.79 Å². The Morgan fingerprint density at radius 1 is 1.31 bits per heavy atom. The number of thioether (sulfide) groups is 1. The van der Waals surface area contributed by atoms with Gasteiger partial charge in [-0.15, -0.1) is 11.3 Å². The van der Waals surface area contributed by atoms with Gasteiger partial charge in [0.05, 0.1) is 5.75 Å². The molecule has 3 aromatic rings. The van der Waals surface area contributed by atoms with Crippen LogP contribution in [0.1, 0.15) is 28.2 Å². The summed E-state index contributed by atoms with van der Waals surface area (Å²) < 4.78 is 0. The molecule has 26 heavy (non-hydrogen) atoms. The standard InChI is InChI=1S/C19H18ClN3OS2/c1-11-22-18(17-13-6-4-8-15(13)26-19(17)23-11)25-10-16(24)21-9-12-5-2-3-7-14(12)20/h2-3,5,7H,4,6,8-10H2,1H3,(H,21,24). The van der Waals surface area contributed by atoms with Crippen LogP contribution in [0.2, 0.25) is 5.02 Å². The zero-order valence-electron chi connectivity index (χ0n) is 14.3. The number of aromatic nitrogens is 2. The Kier molecular flexibility index (Phi) is 5.16. The highest BCUT2D eigenvalue weighted by Gasteiger charge is 2.22. The summed E-state index contributed by atoms with van der Waals surface area (Å²) in [6, 6.07) is 7.54. The number of thiophene rings is 1. The van der Waals surface area contributed by atoms with Crippen LogP contribution in [0.5, 0.6) is 0 Å². The van der Waals surface area contributed by atoms with Crippen molar-refractivity contribution in [3.63, 3.8) is 0 Å². The minimum absolute atomic E-state index is 0.0220. The average Bonchev–Trinajstić information content (AvgIpc) is 3.19. The number of benzene rings is 1. The summed E-state index contributed by atoms with van der Waals surface area (Å²) in [5.74, 6) is 1.07. The molecule has 4 rings (SSSR count). The van der Waals surface area contributed by atoms with E-state index in [1.165, 1.54) is 28.6 Å². The van der Waals surface area contributed by atoms with Crippen LogP contribution in [0.25, 0.3) is 10.2 Å². The van der Waals surface area contributed by atoms with Gasteiger partial charge < -0.3 is 5.32 Å². The first-order chi connectivity index (χ1) is 12.6. The second kappa shape index (κ2) is 7.55. The van der Waals surface area contributed by atoms with Gasteiger partial charge in [0.25, 0.3) is 0 Å². The third-order valence-corrected chi connectivity index (χ3v) is 6.95. The van der Waals surface area contributed by atoms with Gasteiger partial charge in [-0.25, -0.2) is 9.97 Å². The Hall–Kier alpha value is -1.63. The fraction of sp³-hybridized carbons (Fsp3) is 0.316. The summed E-state index contributed by atoms with van der Waals surface area (Å²) in [6.07, 6.45) is 3.43. The summed E-state index contributed by atoms with van der Waals surface area (Å²) >= 11 is 9.40. The second-order valence-corrected chi connectivity index (χ2v) is 8.73. The molecule has 1 N–H and O–H groups in total. The number of hydrogen-bond acceptors (Lipinski definition) is 5. The monoisotopic (exact) mass is 403 g/mol. The van der Waals surface area contributed by atoms with E-state index in [-0.39, 0.29) is 5.91 Å². The Morgan fingerprint density at radius 2 is 2.15 bits per heavy atom. The molecular weight excluding hydrogens is 386 g/mol. The predicted molar refractivity (Wildman–Crippen MR) is 108 cm³/mol. The number of carbonyl (C=O) groups excluding carboxylic acids is 1. The van der Waals surface area contributed by atoms with Crippen molar-refractivity contribution >= 4 is 50.8 Å². The maximum absolute atomic E-state index is 12.3. The SMILES string of the molecule is Cc1nc(SCC(=O)NCc2ccccc2Cl)c2c3c(sc2n1)CCC3. The van der Waals surface area contributed by atoms with Crippen LogP contribution in [0, 0.1) is 6.92 Å². The molecule has 0 saturated carbocycles. The summed E-state index contributed by atoms with van der Waals surface area (Å²) in [5.41, 5.74) is 2.31. The highest BCUT2D eigenvalue weighted by Crippen LogP contribution is 2.40. The number of amides is 1. The van der Waals surface area contributed by atoms with E-state index in [1.807, 2.05) is 31.2 Å². The van der Waals surface area contributed by atoms with Gasteiger partial charge in [-0.2, -0.15) is 0 Å². The number of hydrogen-bond donors (Lipinski definition) is 1. The Bertz CT molecular complexity index is 986. The summed E-state index contributed by atoms with van der Waals surface area (Å²) in [4.78, 5) is 24.0. The lowest BCUT2D eigenvalue weighted by atomic mass is 10.2. The number of nitrogens with zero attached hydrogens (tertiary/aromatic N) is 2. The number of carbonyl (C=O) groups is 1. The van der Waals surface area contributed by atoms with Crippen molar-refractivity contribution in [3.8, 4) is 0 Å². The number of aryl methyl sites for hydroxylation is 3. The van der Waals surface area contributed by atoms with Gasteiger partial charge in [0.1, 0.15) is 15.7 Å². The van der Waals surface area contributed by atoms with Crippen molar-refractivity contribution in [1.82, 2.24) is 15.3 Å². The predicted octanol–water partition coefficient (Wildman–Crippen LogP) is 4.55. The molecule has 0 spiro atoms. The zero-order valence-corrected chi connectivity index (χ0v) is 16.7. The van der Waals surface area contributed by atoms with E-state index in [2.05, 4.69) is 15.3 Å². The molecule has 0 aliphatic heterocycles. The smallest absolute Gasteiger partial charge is 0.230 e. The Morgan fingerprint density at radius 3 is 3.00 bits per heavy atom. The molecule has 4 nitrogen and oxygen atoms in total. The molecule has 0 atom stereocenters. The van der Waals surface area contributed by atoms with Crippen molar-refractivity contribution in [3.05, 3.63) is 51.1 Å². The van der Waals surface area contributed by atoms with Crippen LogP contribution in [0.15, 0.2) is 29.3 Å². The molecule has 7 heteroatoms. The molecule has 1 aliphatic rings. The molecule has 0 bridgehead atoms. The van der Waals surface area contributed by atoms with E-state index < -0.39 is 0 Å². The van der Waals surface area contributed by atoms with Gasteiger partial charge in [-0.3, -0.25) is 4.79 Å². The van der Waals surface area contributed by atoms with Crippen LogP contribution < -0.4 is 5.32 Å². The topological polar surface area (TPSA) is 54.9 Å². The van der Waals surface area contributed by atoms with Crippen LogP contribution in [0.4, 0.5) is 0 Å². The molecule has 1 aromatic carbocycles. The molecule has 134 valence electrons. The third-order valence-electron chi connectivity index (χ3n) is 4.42. The minimum Gasteiger partial charge on any atom is -0.351 e. The van der Waals surface area contributed by atoms with E-state index in [0.717, 1.165) is 39.5 Å². The first kappa shape index (κ1) is 17.8. The molecule has 2 heterocycles. The van der Waals surface area contributed by atoms with Gasteiger partial charge in [0.2, 0.25) is 5.91 Å². The van der Waals surface area contributed by atoms with E-state index in [1.54, 1.807) is 11.3 Å². The molecule has 0 saturated heterocycles. The lowest BCUT2D eigenvalue weighted by molar-refractivity contribution is -0.118. The maximum Gasteiger partial charge on any atom is 0.230 e. The molecule has 0 radical (unpaired) electrons. The van der Waals surface area contributed by atoms with E-state index >= 15 is 0 Å². The highest BCUT2D eigenvalue weighted by atomic mass is 35.5. The van der Waals surface area contributed by atoms with Gasteiger partial charge in [0.15, 0.2) is 0 Å². The summed E-state index contributed by atoms with van der Waals surface area (Å²) in [7, 11) is 0.